The van der Waals surface area contributed by atoms with Crippen molar-refractivity contribution in [2.45, 2.75) is 19.5 Å². The molecule has 1 fully saturated rings. The second kappa shape index (κ2) is 7.15. The highest BCUT2D eigenvalue weighted by Crippen LogP contribution is 2.29. The fraction of sp³-hybridized carbons (Fsp3) is 0.200. The number of amides is 3. The van der Waals surface area contributed by atoms with Gasteiger partial charge in [0.25, 0.3) is 5.91 Å². The molecular formula is C20H18N4O4. The Morgan fingerprint density at radius 1 is 1.07 bits per heavy atom. The quantitative estimate of drug-likeness (QED) is 0.634. The average molecular weight is 378 g/mol. The number of hydrogen-bond acceptors (Lipinski definition) is 6. The minimum atomic E-state index is -0.605. The molecule has 0 bridgehead atoms. The minimum absolute atomic E-state index is 0.0898. The van der Waals surface area contributed by atoms with E-state index in [1.807, 2.05) is 30.3 Å². The molecule has 1 aliphatic rings. The normalized spacial score (nSPS) is 16.7. The van der Waals surface area contributed by atoms with E-state index in [9.17, 15) is 9.59 Å². The maximum atomic E-state index is 12.8. The zero-order valence-corrected chi connectivity index (χ0v) is 15.4. The molecule has 0 saturated carbocycles. The van der Waals surface area contributed by atoms with Crippen LogP contribution in [-0.2, 0) is 11.3 Å². The van der Waals surface area contributed by atoms with E-state index in [1.165, 1.54) is 4.90 Å². The van der Waals surface area contributed by atoms with Crippen molar-refractivity contribution in [1.82, 2.24) is 15.0 Å². The Labute approximate surface area is 161 Å². The lowest BCUT2D eigenvalue weighted by atomic mass is 10.2. The number of anilines is 1. The number of carbonyl (C=O) groups is 2. The van der Waals surface area contributed by atoms with Gasteiger partial charge in [0.1, 0.15) is 18.3 Å². The Morgan fingerprint density at radius 2 is 1.79 bits per heavy atom. The fourth-order valence-electron chi connectivity index (χ4n) is 3.19. The number of ether oxygens (including phenoxy) is 1. The lowest BCUT2D eigenvalue weighted by Gasteiger charge is -2.18. The fourth-order valence-corrected chi connectivity index (χ4v) is 3.19. The summed E-state index contributed by atoms with van der Waals surface area (Å²) >= 11 is 0. The molecule has 2 heterocycles. The lowest BCUT2D eigenvalue weighted by Crippen LogP contribution is -2.33. The molecule has 28 heavy (non-hydrogen) atoms. The van der Waals surface area contributed by atoms with Crippen LogP contribution in [0, 0.1) is 0 Å². The SMILES string of the molecule is COc1ccccc1-c1noc(CN2C(=O)C(C)N(c3ccccc3)C2=O)n1. The minimum Gasteiger partial charge on any atom is -0.496 e. The van der Waals surface area contributed by atoms with Crippen molar-refractivity contribution in [2.75, 3.05) is 12.0 Å². The molecule has 8 heteroatoms. The molecule has 8 nitrogen and oxygen atoms in total. The maximum absolute atomic E-state index is 12.8. The number of urea groups is 1. The molecule has 1 aliphatic heterocycles. The van der Waals surface area contributed by atoms with Gasteiger partial charge in [-0.05, 0) is 31.2 Å². The Bertz CT molecular complexity index is 1020. The van der Waals surface area contributed by atoms with E-state index in [1.54, 1.807) is 38.3 Å². The smallest absolute Gasteiger partial charge is 0.332 e. The number of hydrogen-bond donors (Lipinski definition) is 0. The summed E-state index contributed by atoms with van der Waals surface area (Å²) in [7, 11) is 1.56. The number of nitrogens with zero attached hydrogens (tertiary/aromatic N) is 4. The second-order valence-corrected chi connectivity index (χ2v) is 6.30. The van der Waals surface area contributed by atoms with Crippen molar-refractivity contribution < 1.29 is 18.8 Å². The molecule has 1 unspecified atom stereocenters. The topological polar surface area (TPSA) is 88.8 Å². The van der Waals surface area contributed by atoms with E-state index in [-0.39, 0.29) is 18.3 Å². The van der Waals surface area contributed by atoms with Crippen LogP contribution in [0.1, 0.15) is 12.8 Å². The number of rotatable bonds is 5. The third-order valence-electron chi connectivity index (χ3n) is 4.59. The first-order valence-electron chi connectivity index (χ1n) is 8.75. The van der Waals surface area contributed by atoms with Crippen molar-refractivity contribution in [1.29, 1.82) is 0 Å². The van der Waals surface area contributed by atoms with Crippen molar-refractivity contribution in [3.05, 3.63) is 60.5 Å². The molecule has 0 radical (unpaired) electrons. The molecule has 0 spiro atoms. The standard InChI is InChI=1S/C20H18N4O4/c1-13-19(25)23(20(26)24(13)14-8-4-3-5-9-14)12-17-21-18(22-28-17)15-10-6-7-11-16(15)27-2/h3-11,13H,12H2,1-2H3. The van der Waals surface area contributed by atoms with Gasteiger partial charge in [-0.15, -0.1) is 0 Å². The highest BCUT2D eigenvalue weighted by Gasteiger charge is 2.43. The van der Waals surface area contributed by atoms with Crippen molar-refractivity contribution in [3.8, 4) is 17.1 Å². The number of methoxy groups -OCH3 is 1. The van der Waals surface area contributed by atoms with Gasteiger partial charge >= 0.3 is 6.03 Å². The summed E-state index contributed by atoms with van der Waals surface area (Å²) in [6.07, 6.45) is 0. The zero-order valence-electron chi connectivity index (χ0n) is 15.4. The number of aromatic nitrogens is 2. The molecule has 4 rings (SSSR count). The molecule has 0 N–H and O–H groups in total. The molecule has 1 atom stereocenters. The zero-order chi connectivity index (χ0) is 19.7. The summed E-state index contributed by atoms with van der Waals surface area (Å²) in [4.78, 5) is 32.4. The van der Waals surface area contributed by atoms with Gasteiger partial charge in [-0.2, -0.15) is 4.98 Å². The van der Waals surface area contributed by atoms with Gasteiger partial charge in [0, 0.05) is 5.69 Å². The molecule has 3 amide bonds. The highest BCUT2D eigenvalue weighted by atomic mass is 16.5. The lowest BCUT2D eigenvalue weighted by molar-refractivity contribution is -0.127. The van der Waals surface area contributed by atoms with Crippen LogP contribution < -0.4 is 9.64 Å². The third kappa shape index (κ3) is 2.98. The Morgan fingerprint density at radius 3 is 2.54 bits per heavy atom. The molecule has 1 saturated heterocycles. The Balaban J connectivity index is 1.57. The first-order valence-corrected chi connectivity index (χ1v) is 8.75. The van der Waals surface area contributed by atoms with Crippen LogP contribution in [0.2, 0.25) is 0 Å². The van der Waals surface area contributed by atoms with E-state index in [4.69, 9.17) is 9.26 Å². The molecular weight excluding hydrogens is 360 g/mol. The Kier molecular flexibility index (Phi) is 4.52. The van der Waals surface area contributed by atoms with E-state index in [0.717, 1.165) is 4.90 Å². The summed E-state index contributed by atoms with van der Waals surface area (Å²) < 4.78 is 10.6. The monoisotopic (exact) mass is 378 g/mol. The van der Waals surface area contributed by atoms with E-state index in [0.29, 0.717) is 22.8 Å². The van der Waals surface area contributed by atoms with Gasteiger partial charge in [0.2, 0.25) is 11.7 Å². The third-order valence-corrected chi connectivity index (χ3v) is 4.59. The first kappa shape index (κ1) is 17.7. The number of imide groups is 1. The highest BCUT2D eigenvalue weighted by molar-refractivity contribution is 6.13. The van der Waals surface area contributed by atoms with Gasteiger partial charge in [-0.25, -0.2) is 4.79 Å². The number of carbonyl (C=O) groups excluding carboxylic acids is 2. The molecule has 0 aliphatic carbocycles. The Hall–Kier alpha value is -3.68. The van der Waals surface area contributed by atoms with Crippen LogP contribution in [0.15, 0.2) is 59.1 Å². The van der Waals surface area contributed by atoms with Gasteiger partial charge in [-0.3, -0.25) is 14.6 Å². The van der Waals surface area contributed by atoms with E-state index in [2.05, 4.69) is 10.1 Å². The predicted octanol–water partition coefficient (Wildman–Crippen LogP) is 3.10. The molecule has 142 valence electrons. The van der Waals surface area contributed by atoms with E-state index < -0.39 is 12.1 Å². The summed E-state index contributed by atoms with van der Waals surface area (Å²) in [6, 6.07) is 15.3. The van der Waals surface area contributed by atoms with Crippen molar-refractivity contribution in [2.24, 2.45) is 0 Å². The predicted molar refractivity (Wildman–Crippen MR) is 101 cm³/mol. The van der Waals surface area contributed by atoms with Crippen LogP contribution in [0.25, 0.3) is 11.4 Å². The van der Waals surface area contributed by atoms with Crippen LogP contribution in [0.3, 0.4) is 0 Å². The summed E-state index contributed by atoms with van der Waals surface area (Å²) in [5.41, 5.74) is 1.33. The molecule has 2 aromatic carbocycles. The molecule has 1 aromatic heterocycles. The largest absolute Gasteiger partial charge is 0.496 e. The van der Waals surface area contributed by atoms with Crippen LogP contribution in [0.4, 0.5) is 10.5 Å². The molecule has 3 aromatic rings. The van der Waals surface area contributed by atoms with Crippen LogP contribution in [0.5, 0.6) is 5.75 Å². The summed E-state index contributed by atoms with van der Waals surface area (Å²) in [5, 5.41) is 3.95. The second-order valence-electron chi connectivity index (χ2n) is 6.30. The van der Waals surface area contributed by atoms with Gasteiger partial charge in [0.15, 0.2) is 0 Å². The first-order chi connectivity index (χ1) is 13.6. The van der Waals surface area contributed by atoms with Gasteiger partial charge in [-0.1, -0.05) is 35.5 Å². The number of benzene rings is 2. The van der Waals surface area contributed by atoms with Crippen LogP contribution >= 0.6 is 0 Å². The van der Waals surface area contributed by atoms with Gasteiger partial charge in [0.05, 0.1) is 12.7 Å². The number of para-hydroxylation sites is 2. The maximum Gasteiger partial charge on any atom is 0.332 e. The summed E-state index contributed by atoms with van der Waals surface area (Å²) in [5.74, 6) is 0.794. The summed E-state index contributed by atoms with van der Waals surface area (Å²) in [6.45, 7) is 1.61. The van der Waals surface area contributed by atoms with E-state index >= 15 is 0 Å². The van der Waals surface area contributed by atoms with Crippen LogP contribution in [-0.4, -0.2) is 40.1 Å². The van der Waals surface area contributed by atoms with Gasteiger partial charge < -0.3 is 9.26 Å². The average Bonchev–Trinajstić information content (AvgIpc) is 3.28. The van der Waals surface area contributed by atoms with Crippen molar-refractivity contribution >= 4 is 17.6 Å². The van der Waals surface area contributed by atoms with Crippen molar-refractivity contribution in [3.63, 3.8) is 0 Å².